The van der Waals surface area contributed by atoms with Crippen LogP contribution < -0.4 is 16.2 Å². The number of ether oxygens (including phenoxy) is 1. The van der Waals surface area contributed by atoms with Gasteiger partial charge >= 0.3 is 0 Å². The van der Waals surface area contributed by atoms with Crippen LogP contribution in [0.2, 0.25) is 0 Å². The van der Waals surface area contributed by atoms with Crippen LogP contribution in [0.5, 0.6) is 11.5 Å². The molecule has 0 heterocycles. The zero-order chi connectivity index (χ0) is 20.5. The van der Waals surface area contributed by atoms with Gasteiger partial charge in [-0.2, -0.15) is 0 Å². The third-order valence-corrected chi connectivity index (χ3v) is 3.67. The molecule has 0 aliphatic carbocycles. The highest BCUT2D eigenvalue weighted by molar-refractivity contribution is 5.97. The molecule has 28 heavy (non-hydrogen) atoms. The minimum absolute atomic E-state index is 0.0219. The summed E-state index contributed by atoms with van der Waals surface area (Å²) in [6, 6.07) is 20.8. The Balaban J connectivity index is 0.000000221. The molecule has 3 aromatic carbocycles. The number of carbonyl (C=O) groups excluding carboxylic acids is 1. The zero-order valence-corrected chi connectivity index (χ0v) is 14.9. The lowest BCUT2D eigenvalue weighted by Gasteiger charge is -2.10. The van der Waals surface area contributed by atoms with Crippen molar-refractivity contribution >= 4 is 11.7 Å². The molecule has 3 rings (SSSR count). The number of hydrogen-bond donors (Lipinski definition) is 4. The standard InChI is InChI=1S/C14H14N2O.C7H6FNO2/c15-14(16)12-8-4-5-9-13(12)17-10-11-6-2-1-3-7-11;8-5-3-1-2-4(6(5)10)7(9)11/h1-9H,10H2,(H3,15,16);1-3,10H,(H2,9,11). The van der Waals surface area contributed by atoms with Gasteiger partial charge in [-0.05, 0) is 29.8 Å². The summed E-state index contributed by atoms with van der Waals surface area (Å²) in [6.07, 6.45) is 0. The summed E-state index contributed by atoms with van der Waals surface area (Å²) in [4.78, 5) is 10.5. The minimum atomic E-state index is -0.846. The van der Waals surface area contributed by atoms with Gasteiger partial charge in [-0.25, -0.2) is 4.39 Å². The van der Waals surface area contributed by atoms with E-state index in [2.05, 4.69) is 0 Å². The summed E-state index contributed by atoms with van der Waals surface area (Å²) in [5.74, 6) is -1.72. The number of rotatable bonds is 5. The normalized spacial score (nSPS) is 9.75. The van der Waals surface area contributed by atoms with E-state index in [0.29, 0.717) is 17.9 Å². The van der Waals surface area contributed by atoms with Gasteiger partial charge in [0.2, 0.25) is 0 Å². The number of amides is 1. The van der Waals surface area contributed by atoms with Crippen LogP contribution in [0.3, 0.4) is 0 Å². The average Bonchev–Trinajstić information content (AvgIpc) is 2.69. The predicted octanol–water partition coefficient (Wildman–Crippen LogP) is 3.18. The van der Waals surface area contributed by atoms with E-state index in [4.69, 9.17) is 26.7 Å². The summed E-state index contributed by atoms with van der Waals surface area (Å²) in [7, 11) is 0. The van der Waals surface area contributed by atoms with Gasteiger partial charge in [0.25, 0.3) is 5.91 Å². The number of primary amides is 1. The Kier molecular flexibility index (Phi) is 7.10. The molecule has 0 saturated carbocycles. The van der Waals surface area contributed by atoms with Crippen molar-refractivity contribution in [3.05, 3.63) is 95.3 Å². The Bertz CT molecular complexity index is 962. The highest BCUT2D eigenvalue weighted by Crippen LogP contribution is 2.20. The first kappa shape index (κ1) is 20.4. The third-order valence-electron chi connectivity index (χ3n) is 3.67. The van der Waals surface area contributed by atoms with Crippen molar-refractivity contribution in [1.29, 1.82) is 5.41 Å². The molecule has 0 atom stereocenters. The Morgan fingerprint density at radius 2 is 1.54 bits per heavy atom. The summed E-state index contributed by atoms with van der Waals surface area (Å²) in [6.45, 7) is 0.477. The van der Waals surface area contributed by atoms with Crippen molar-refractivity contribution in [1.82, 2.24) is 0 Å². The van der Waals surface area contributed by atoms with Gasteiger partial charge in [0, 0.05) is 0 Å². The molecule has 0 radical (unpaired) electrons. The number of benzene rings is 3. The predicted molar refractivity (Wildman–Crippen MR) is 105 cm³/mol. The van der Waals surface area contributed by atoms with E-state index >= 15 is 0 Å². The molecule has 1 amide bonds. The first-order valence-corrected chi connectivity index (χ1v) is 8.27. The second kappa shape index (κ2) is 9.72. The first-order valence-electron chi connectivity index (χ1n) is 8.27. The minimum Gasteiger partial charge on any atom is -0.504 e. The molecule has 3 aromatic rings. The van der Waals surface area contributed by atoms with Gasteiger partial charge in [-0.3, -0.25) is 10.2 Å². The van der Waals surface area contributed by atoms with Gasteiger partial charge < -0.3 is 21.3 Å². The highest BCUT2D eigenvalue weighted by Gasteiger charge is 2.10. The fourth-order valence-corrected chi connectivity index (χ4v) is 2.26. The molecular weight excluding hydrogens is 361 g/mol. The number of nitrogens with two attached hydrogens (primary N) is 2. The van der Waals surface area contributed by atoms with Gasteiger partial charge in [-0.15, -0.1) is 0 Å². The summed E-state index contributed by atoms with van der Waals surface area (Å²) < 4.78 is 18.1. The van der Waals surface area contributed by atoms with Crippen LogP contribution in [0.25, 0.3) is 0 Å². The molecule has 144 valence electrons. The molecule has 0 aromatic heterocycles. The second-order valence-corrected chi connectivity index (χ2v) is 5.68. The van der Waals surface area contributed by atoms with Crippen molar-refractivity contribution in [2.24, 2.45) is 11.5 Å². The third kappa shape index (κ3) is 5.57. The molecule has 6 N–H and O–H groups in total. The van der Waals surface area contributed by atoms with E-state index in [1.807, 2.05) is 48.5 Å². The van der Waals surface area contributed by atoms with Gasteiger partial charge in [0.05, 0.1) is 11.1 Å². The average molecular weight is 381 g/mol. The molecule has 0 aliphatic heterocycles. The van der Waals surface area contributed by atoms with Crippen LogP contribution in [0.4, 0.5) is 4.39 Å². The Labute approximate surface area is 161 Å². The van der Waals surface area contributed by atoms with E-state index in [0.717, 1.165) is 11.6 Å². The van der Waals surface area contributed by atoms with Crippen molar-refractivity contribution in [2.45, 2.75) is 6.61 Å². The summed E-state index contributed by atoms with van der Waals surface area (Å²) >= 11 is 0. The van der Waals surface area contributed by atoms with Crippen LogP contribution in [0.15, 0.2) is 72.8 Å². The number of amidine groups is 1. The van der Waals surface area contributed by atoms with Crippen LogP contribution >= 0.6 is 0 Å². The monoisotopic (exact) mass is 381 g/mol. The second-order valence-electron chi connectivity index (χ2n) is 5.68. The Morgan fingerprint density at radius 1 is 0.929 bits per heavy atom. The van der Waals surface area contributed by atoms with Crippen LogP contribution in [-0.4, -0.2) is 16.8 Å². The number of phenols is 1. The molecular formula is C21H20FN3O3. The SMILES string of the molecule is N=C(N)c1ccccc1OCc1ccccc1.NC(=O)c1cccc(F)c1O. The summed E-state index contributed by atoms with van der Waals surface area (Å²) in [5.41, 5.74) is 11.8. The van der Waals surface area contributed by atoms with Crippen LogP contribution in [0.1, 0.15) is 21.5 Å². The number of nitrogens with one attached hydrogen (secondary N) is 1. The molecule has 0 unspecified atom stereocenters. The molecule has 0 fully saturated rings. The topological polar surface area (TPSA) is 122 Å². The van der Waals surface area contributed by atoms with Crippen molar-refractivity contribution in [3.8, 4) is 11.5 Å². The lowest BCUT2D eigenvalue weighted by molar-refractivity contribution is 0.0997. The molecule has 0 spiro atoms. The lowest BCUT2D eigenvalue weighted by Crippen LogP contribution is -2.12. The van der Waals surface area contributed by atoms with Gasteiger partial charge in [-0.1, -0.05) is 48.5 Å². The molecule has 0 bridgehead atoms. The Morgan fingerprint density at radius 3 is 2.14 bits per heavy atom. The van der Waals surface area contributed by atoms with Crippen LogP contribution in [0, 0.1) is 11.2 Å². The van der Waals surface area contributed by atoms with E-state index in [1.54, 1.807) is 6.07 Å². The smallest absolute Gasteiger partial charge is 0.252 e. The lowest BCUT2D eigenvalue weighted by atomic mass is 10.2. The van der Waals surface area contributed by atoms with Crippen molar-refractivity contribution in [3.63, 3.8) is 0 Å². The quantitative estimate of drug-likeness (QED) is 0.400. The van der Waals surface area contributed by atoms with Gasteiger partial charge in [0.15, 0.2) is 11.6 Å². The molecule has 0 saturated heterocycles. The number of halogens is 1. The fraction of sp³-hybridized carbons (Fsp3) is 0.0476. The maximum atomic E-state index is 12.5. The number of para-hydroxylation sites is 2. The van der Waals surface area contributed by atoms with Crippen molar-refractivity contribution < 1.29 is 19.0 Å². The first-order chi connectivity index (χ1) is 13.4. The molecule has 0 aliphatic rings. The van der Waals surface area contributed by atoms with Gasteiger partial charge in [0.1, 0.15) is 18.2 Å². The molecule has 7 heteroatoms. The van der Waals surface area contributed by atoms with E-state index in [9.17, 15) is 9.18 Å². The maximum absolute atomic E-state index is 12.5. The number of hydrogen-bond acceptors (Lipinski definition) is 4. The maximum Gasteiger partial charge on any atom is 0.252 e. The van der Waals surface area contributed by atoms with Crippen molar-refractivity contribution in [2.75, 3.05) is 0 Å². The van der Waals surface area contributed by atoms with E-state index < -0.39 is 17.5 Å². The van der Waals surface area contributed by atoms with E-state index in [1.165, 1.54) is 12.1 Å². The number of aromatic hydroxyl groups is 1. The molecule has 6 nitrogen and oxygen atoms in total. The van der Waals surface area contributed by atoms with E-state index in [-0.39, 0.29) is 11.4 Å². The largest absolute Gasteiger partial charge is 0.504 e. The number of carbonyl (C=O) groups is 1. The highest BCUT2D eigenvalue weighted by atomic mass is 19.1. The summed E-state index contributed by atoms with van der Waals surface area (Å²) in [5, 5.41) is 16.3. The van der Waals surface area contributed by atoms with Crippen LogP contribution in [-0.2, 0) is 6.61 Å². The zero-order valence-electron chi connectivity index (χ0n) is 14.9. The fourth-order valence-electron chi connectivity index (χ4n) is 2.26. The Hall–Kier alpha value is -3.87. The number of nitrogen functional groups attached to an aromatic ring is 1.